The predicted octanol–water partition coefficient (Wildman–Crippen LogP) is 3.63. The number of benzene rings is 1. The number of imidazole rings is 1. The fraction of sp³-hybridized carbons (Fsp3) is 0.364. The number of nitrogens with one attached hydrogen (secondary N) is 1. The first-order chi connectivity index (χ1) is 7.77. The van der Waals surface area contributed by atoms with Gasteiger partial charge in [0.15, 0.2) is 4.77 Å². The Balaban J connectivity index is 2.57. The van der Waals surface area contributed by atoms with E-state index < -0.39 is 0 Å². The van der Waals surface area contributed by atoms with Crippen LogP contribution in [-0.2, 0) is 4.74 Å². The van der Waals surface area contributed by atoms with E-state index in [1.807, 2.05) is 35.8 Å². The van der Waals surface area contributed by atoms with Gasteiger partial charge in [0.1, 0.15) is 6.23 Å². The number of alkyl halides is 1. The Morgan fingerprint density at radius 3 is 2.94 bits per heavy atom. The lowest BCUT2D eigenvalue weighted by molar-refractivity contribution is 0.0313. The molecule has 0 fully saturated rings. The fourth-order valence-corrected chi connectivity index (χ4v) is 2.54. The fourth-order valence-electron chi connectivity index (χ4n) is 1.74. The van der Waals surface area contributed by atoms with Crippen molar-refractivity contribution in [3.8, 4) is 0 Å². The number of fused-ring (bicyclic) bond motifs is 1. The van der Waals surface area contributed by atoms with E-state index in [4.69, 9.17) is 17.0 Å². The zero-order chi connectivity index (χ0) is 11.5. The van der Waals surface area contributed by atoms with Crippen LogP contribution in [-0.4, -0.2) is 21.5 Å². The van der Waals surface area contributed by atoms with E-state index in [-0.39, 0.29) is 6.23 Å². The monoisotopic (exact) mass is 300 g/mol. The minimum absolute atomic E-state index is 0.0614. The third kappa shape index (κ3) is 2.07. The summed E-state index contributed by atoms with van der Waals surface area (Å²) in [6, 6.07) is 8.04. The highest BCUT2D eigenvalue weighted by molar-refractivity contribution is 9.09. The van der Waals surface area contributed by atoms with Crippen molar-refractivity contribution in [2.75, 3.05) is 11.9 Å². The van der Waals surface area contributed by atoms with Crippen LogP contribution < -0.4 is 0 Å². The minimum atomic E-state index is -0.0614. The highest BCUT2D eigenvalue weighted by atomic mass is 79.9. The topological polar surface area (TPSA) is 29.9 Å². The number of hydrogen-bond donors (Lipinski definition) is 1. The van der Waals surface area contributed by atoms with Crippen LogP contribution in [0.5, 0.6) is 0 Å². The molecule has 2 rings (SSSR count). The van der Waals surface area contributed by atoms with E-state index in [2.05, 4.69) is 20.9 Å². The quantitative estimate of drug-likeness (QED) is 0.690. The van der Waals surface area contributed by atoms with Crippen LogP contribution in [0.4, 0.5) is 0 Å². The summed E-state index contributed by atoms with van der Waals surface area (Å²) in [7, 11) is 0. The van der Waals surface area contributed by atoms with Crippen molar-refractivity contribution in [2.45, 2.75) is 13.2 Å². The predicted molar refractivity (Wildman–Crippen MR) is 71.6 cm³/mol. The van der Waals surface area contributed by atoms with Crippen LogP contribution in [0.2, 0.25) is 0 Å². The lowest BCUT2D eigenvalue weighted by Crippen LogP contribution is -2.14. The Morgan fingerprint density at radius 1 is 1.50 bits per heavy atom. The minimum Gasteiger partial charge on any atom is -0.357 e. The van der Waals surface area contributed by atoms with Crippen LogP contribution in [0, 0.1) is 4.77 Å². The Kier molecular flexibility index (Phi) is 3.78. The first kappa shape index (κ1) is 11.8. The molecule has 1 aromatic carbocycles. The molecule has 1 N–H and O–H groups in total. The van der Waals surface area contributed by atoms with Gasteiger partial charge in [0.2, 0.25) is 0 Å². The van der Waals surface area contributed by atoms with Gasteiger partial charge < -0.3 is 9.72 Å². The smallest absolute Gasteiger partial charge is 0.180 e. The van der Waals surface area contributed by atoms with Gasteiger partial charge in [-0.2, -0.15) is 0 Å². The van der Waals surface area contributed by atoms with Crippen molar-refractivity contribution >= 4 is 39.2 Å². The molecule has 5 heteroatoms. The molecule has 0 bridgehead atoms. The number of aromatic nitrogens is 2. The molecule has 3 nitrogen and oxygen atoms in total. The van der Waals surface area contributed by atoms with Gasteiger partial charge in [0.25, 0.3) is 0 Å². The molecule has 0 amide bonds. The molecular formula is C11H13BrN2OS. The number of para-hydroxylation sites is 2. The van der Waals surface area contributed by atoms with Gasteiger partial charge in [-0.05, 0) is 31.3 Å². The average molecular weight is 301 g/mol. The summed E-state index contributed by atoms with van der Waals surface area (Å²) in [6.45, 7) is 2.64. The van der Waals surface area contributed by atoms with Crippen LogP contribution in [0.3, 0.4) is 0 Å². The third-order valence-electron chi connectivity index (χ3n) is 2.40. The molecule has 0 aliphatic carbocycles. The second kappa shape index (κ2) is 5.12. The Morgan fingerprint density at radius 2 is 2.25 bits per heavy atom. The Bertz CT molecular complexity index is 534. The van der Waals surface area contributed by atoms with Crippen molar-refractivity contribution in [3.63, 3.8) is 0 Å². The number of ether oxygens (including phenoxy) is 1. The van der Waals surface area contributed by atoms with Crippen LogP contribution in [0.15, 0.2) is 24.3 Å². The number of rotatable bonds is 4. The van der Waals surface area contributed by atoms with Crippen molar-refractivity contribution in [1.29, 1.82) is 0 Å². The standard InChI is InChI=1S/C11H13BrN2OS/c1-2-15-10(7-12)14-9-6-4-3-5-8(9)13-11(14)16/h3-6,10H,2,7H2,1H3,(H,13,16). The molecule has 0 radical (unpaired) electrons. The van der Waals surface area contributed by atoms with E-state index >= 15 is 0 Å². The largest absolute Gasteiger partial charge is 0.357 e. The molecule has 2 aromatic rings. The molecule has 1 heterocycles. The van der Waals surface area contributed by atoms with Crippen LogP contribution >= 0.6 is 28.1 Å². The van der Waals surface area contributed by atoms with Crippen molar-refractivity contribution in [2.24, 2.45) is 0 Å². The number of aromatic amines is 1. The van der Waals surface area contributed by atoms with Crippen molar-refractivity contribution < 1.29 is 4.74 Å². The number of H-pyrrole nitrogens is 1. The van der Waals surface area contributed by atoms with Crippen molar-refractivity contribution in [1.82, 2.24) is 9.55 Å². The summed E-state index contributed by atoms with van der Waals surface area (Å²) in [5.41, 5.74) is 2.11. The Hall–Kier alpha value is -0.650. The number of halogens is 1. The summed E-state index contributed by atoms with van der Waals surface area (Å²) >= 11 is 8.77. The zero-order valence-electron chi connectivity index (χ0n) is 8.94. The molecule has 1 aromatic heterocycles. The van der Waals surface area contributed by atoms with Gasteiger partial charge in [-0.15, -0.1) is 0 Å². The van der Waals surface area contributed by atoms with E-state index in [0.29, 0.717) is 11.4 Å². The number of nitrogens with zero attached hydrogens (tertiary/aromatic N) is 1. The molecular weight excluding hydrogens is 288 g/mol. The molecule has 16 heavy (non-hydrogen) atoms. The lowest BCUT2D eigenvalue weighted by Gasteiger charge is -2.16. The first-order valence-electron chi connectivity index (χ1n) is 5.14. The van der Waals surface area contributed by atoms with Crippen molar-refractivity contribution in [3.05, 3.63) is 29.0 Å². The Labute approximate surface area is 108 Å². The lowest BCUT2D eigenvalue weighted by atomic mass is 10.3. The normalized spacial score (nSPS) is 13.1. The van der Waals surface area contributed by atoms with Gasteiger partial charge in [-0.1, -0.05) is 28.1 Å². The second-order valence-electron chi connectivity index (χ2n) is 3.38. The van der Waals surface area contributed by atoms with Gasteiger partial charge >= 0.3 is 0 Å². The molecule has 0 saturated heterocycles. The van der Waals surface area contributed by atoms with Gasteiger partial charge in [0.05, 0.1) is 11.0 Å². The summed E-state index contributed by atoms with van der Waals surface area (Å²) < 4.78 is 8.35. The first-order valence-corrected chi connectivity index (χ1v) is 6.67. The number of hydrogen-bond acceptors (Lipinski definition) is 2. The van der Waals surface area contributed by atoms with Crippen LogP contribution in [0.25, 0.3) is 11.0 Å². The summed E-state index contributed by atoms with van der Waals surface area (Å²) in [5.74, 6) is 0. The molecule has 1 atom stereocenters. The second-order valence-corrected chi connectivity index (χ2v) is 4.42. The van der Waals surface area contributed by atoms with E-state index in [1.54, 1.807) is 0 Å². The maximum Gasteiger partial charge on any atom is 0.180 e. The molecule has 0 aliphatic heterocycles. The van der Waals surface area contributed by atoms with E-state index in [0.717, 1.165) is 16.4 Å². The highest BCUT2D eigenvalue weighted by Crippen LogP contribution is 2.21. The summed E-state index contributed by atoms with van der Waals surface area (Å²) in [4.78, 5) is 3.18. The van der Waals surface area contributed by atoms with E-state index in [1.165, 1.54) is 0 Å². The zero-order valence-corrected chi connectivity index (χ0v) is 11.3. The highest BCUT2D eigenvalue weighted by Gasteiger charge is 2.13. The SMILES string of the molecule is CCOC(CBr)n1c(=S)[nH]c2ccccc21. The van der Waals surface area contributed by atoms with Gasteiger partial charge in [0, 0.05) is 11.9 Å². The van der Waals surface area contributed by atoms with Gasteiger partial charge in [-0.25, -0.2) is 0 Å². The average Bonchev–Trinajstić information content (AvgIpc) is 2.62. The summed E-state index contributed by atoms with van der Waals surface area (Å²) in [5, 5.41) is 0.719. The molecule has 0 aliphatic rings. The summed E-state index contributed by atoms with van der Waals surface area (Å²) in [6.07, 6.45) is -0.0614. The molecule has 1 unspecified atom stereocenters. The molecule has 0 saturated carbocycles. The molecule has 86 valence electrons. The van der Waals surface area contributed by atoms with E-state index in [9.17, 15) is 0 Å². The van der Waals surface area contributed by atoms with Gasteiger partial charge in [-0.3, -0.25) is 4.57 Å². The third-order valence-corrected chi connectivity index (χ3v) is 3.26. The maximum atomic E-state index is 5.65. The maximum absolute atomic E-state index is 5.65. The molecule has 0 spiro atoms. The van der Waals surface area contributed by atoms with Crippen LogP contribution in [0.1, 0.15) is 13.2 Å².